The molecule has 2 aromatic rings. The fraction of sp³-hybridized carbons (Fsp3) is 0.0667. The second-order valence-corrected chi connectivity index (χ2v) is 4.30. The van der Waals surface area contributed by atoms with E-state index < -0.39 is 11.8 Å². The molecule has 0 saturated heterocycles. The molecule has 0 radical (unpaired) electrons. The van der Waals surface area contributed by atoms with Crippen molar-refractivity contribution in [3.63, 3.8) is 0 Å². The molecule has 0 spiro atoms. The molecule has 0 saturated carbocycles. The van der Waals surface area contributed by atoms with Crippen molar-refractivity contribution in [2.75, 3.05) is 5.32 Å². The number of hydrogen-bond acceptors (Lipinski definition) is 4. The molecule has 106 valence electrons. The fourth-order valence-electron chi connectivity index (χ4n) is 1.49. The lowest BCUT2D eigenvalue weighted by Crippen LogP contribution is -2.32. The van der Waals surface area contributed by atoms with Crippen LogP contribution in [0.1, 0.15) is 11.1 Å². The van der Waals surface area contributed by atoms with Crippen molar-refractivity contribution in [2.45, 2.75) is 6.92 Å². The van der Waals surface area contributed by atoms with E-state index in [4.69, 9.17) is 0 Å². The van der Waals surface area contributed by atoms with Gasteiger partial charge >= 0.3 is 11.8 Å². The summed E-state index contributed by atoms with van der Waals surface area (Å²) >= 11 is 0. The number of amides is 2. The first-order valence-corrected chi connectivity index (χ1v) is 6.26. The molecule has 0 aliphatic carbocycles. The van der Waals surface area contributed by atoms with Gasteiger partial charge in [0.2, 0.25) is 0 Å². The Labute approximate surface area is 121 Å². The molecule has 2 N–H and O–H groups in total. The highest BCUT2D eigenvalue weighted by atomic mass is 16.2. The van der Waals surface area contributed by atoms with Crippen molar-refractivity contribution in [2.24, 2.45) is 5.10 Å². The summed E-state index contributed by atoms with van der Waals surface area (Å²) in [5.41, 5.74) is 4.55. The lowest BCUT2D eigenvalue weighted by molar-refractivity contribution is -0.136. The minimum atomic E-state index is -0.833. The summed E-state index contributed by atoms with van der Waals surface area (Å²) < 4.78 is 0. The number of carbonyl (C=O) groups is 2. The van der Waals surface area contributed by atoms with Crippen LogP contribution in [0.25, 0.3) is 0 Å². The van der Waals surface area contributed by atoms with Crippen LogP contribution in [0.15, 0.2) is 53.9 Å². The highest BCUT2D eigenvalue weighted by Crippen LogP contribution is 2.08. The van der Waals surface area contributed by atoms with Crippen molar-refractivity contribution in [3.8, 4) is 0 Å². The number of carbonyl (C=O) groups excluding carboxylic acids is 2. The van der Waals surface area contributed by atoms with Gasteiger partial charge in [-0.1, -0.05) is 17.7 Å². The van der Waals surface area contributed by atoms with Gasteiger partial charge in [-0.25, -0.2) is 5.43 Å². The Morgan fingerprint density at radius 1 is 1.05 bits per heavy atom. The molecule has 21 heavy (non-hydrogen) atoms. The van der Waals surface area contributed by atoms with Crippen molar-refractivity contribution >= 4 is 23.7 Å². The predicted octanol–water partition coefficient (Wildman–Crippen LogP) is 1.48. The maximum atomic E-state index is 11.6. The highest BCUT2D eigenvalue weighted by molar-refractivity contribution is 6.39. The zero-order valence-corrected chi connectivity index (χ0v) is 11.4. The van der Waals surface area contributed by atoms with Gasteiger partial charge in [-0.3, -0.25) is 14.6 Å². The average molecular weight is 282 g/mol. The van der Waals surface area contributed by atoms with Gasteiger partial charge in [0.15, 0.2) is 0 Å². The maximum Gasteiger partial charge on any atom is 0.329 e. The summed E-state index contributed by atoms with van der Waals surface area (Å²) in [6.45, 7) is 1.94. The zero-order valence-electron chi connectivity index (χ0n) is 11.4. The molecular formula is C15H14N4O2. The third kappa shape index (κ3) is 4.54. The van der Waals surface area contributed by atoms with Gasteiger partial charge in [-0.05, 0) is 36.8 Å². The molecule has 0 unspecified atom stereocenters. The van der Waals surface area contributed by atoms with E-state index in [9.17, 15) is 9.59 Å². The molecule has 6 nitrogen and oxygen atoms in total. The molecule has 1 heterocycles. The average Bonchev–Trinajstić information content (AvgIpc) is 2.50. The van der Waals surface area contributed by atoms with Gasteiger partial charge in [-0.2, -0.15) is 5.10 Å². The SMILES string of the molecule is Cc1ccc(NC(=O)C(=O)N/N=C\c2ccncc2)cc1. The first kappa shape index (κ1) is 14.4. The third-order valence-corrected chi connectivity index (χ3v) is 2.60. The number of aromatic nitrogens is 1. The third-order valence-electron chi connectivity index (χ3n) is 2.60. The number of hydrazone groups is 1. The van der Waals surface area contributed by atoms with Crippen LogP contribution in [-0.4, -0.2) is 23.0 Å². The second-order valence-electron chi connectivity index (χ2n) is 4.30. The number of pyridine rings is 1. The van der Waals surface area contributed by atoms with Crippen LogP contribution in [0.4, 0.5) is 5.69 Å². The number of rotatable bonds is 3. The van der Waals surface area contributed by atoms with E-state index in [0.29, 0.717) is 5.69 Å². The molecule has 0 bridgehead atoms. The van der Waals surface area contributed by atoms with Gasteiger partial charge in [0.05, 0.1) is 6.21 Å². The van der Waals surface area contributed by atoms with Crippen LogP contribution in [0.5, 0.6) is 0 Å². The monoisotopic (exact) mass is 282 g/mol. The summed E-state index contributed by atoms with van der Waals surface area (Å²) in [5.74, 6) is -1.60. The van der Waals surface area contributed by atoms with Crippen molar-refractivity contribution < 1.29 is 9.59 Å². The molecule has 1 aromatic heterocycles. The topological polar surface area (TPSA) is 83.5 Å². The standard InChI is InChI=1S/C15H14N4O2/c1-11-2-4-13(5-3-11)18-14(20)15(21)19-17-10-12-6-8-16-9-7-12/h2-10H,1H3,(H,18,20)(H,19,21)/b17-10-. The molecule has 0 aliphatic heterocycles. The number of aryl methyl sites for hydroxylation is 1. The van der Waals surface area contributed by atoms with E-state index in [-0.39, 0.29) is 0 Å². The van der Waals surface area contributed by atoms with Crippen LogP contribution in [0, 0.1) is 6.92 Å². The van der Waals surface area contributed by atoms with E-state index >= 15 is 0 Å². The zero-order chi connectivity index (χ0) is 15.1. The summed E-state index contributed by atoms with van der Waals surface area (Å²) in [6, 6.07) is 10.6. The highest BCUT2D eigenvalue weighted by Gasteiger charge is 2.12. The van der Waals surface area contributed by atoms with Gasteiger partial charge in [0.25, 0.3) is 0 Å². The van der Waals surface area contributed by atoms with Crippen molar-refractivity contribution in [1.82, 2.24) is 10.4 Å². The van der Waals surface area contributed by atoms with Crippen LogP contribution in [-0.2, 0) is 9.59 Å². The lowest BCUT2D eigenvalue weighted by Gasteiger charge is -2.03. The van der Waals surface area contributed by atoms with Crippen LogP contribution in [0.2, 0.25) is 0 Å². The number of benzene rings is 1. The molecule has 2 amide bonds. The van der Waals surface area contributed by atoms with Gasteiger partial charge in [0.1, 0.15) is 0 Å². The van der Waals surface area contributed by atoms with E-state index in [1.165, 1.54) is 6.21 Å². The summed E-state index contributed by atoms with van der Waals surface area (Å²) in [4.78, 5) is 27.0. The van der Waals surface area contributed by atoms with Crippen LogP contribution in [0.3, 0.4) is 0 Å². The minimum Gasteiger partial charge on any atom is -0.318 e. The van der Waals surface area contributed by atoms with Crippen molar-refractivity contribution in [1.29, 1.82) is 0 Å². The first-order valence-electron chi connectivity index (χ1n) is 6.26. The second kappa shape index (κ2) is 6.95. The molecule has 0 aliphatic rings. The van der Waals surface area contributed by atoms with Crippen LogP contribution >= 0.6 is 0 Å². The Morgan fingerprint density at radius 3 is 2.38 bits per heavy atom. The Balaban J connectivity index is 1.87. The van der Waals surface area contributed by atoms with E-state index in [2.05, 4.69) is 20.8 Å². The molecule has 0 fully saturated rings. The van der Waals surface area contributed by atoms with Gasteiger partial charge in [-0.15, -0.1) is 0 Å². The summed E-state index contributed by atoms with van der Waals surface area (Å²) in [6.07, 6.45) is 4.64. The number of hydrogen-bond donors (Lipinski definition) is 2. The van der Waals surface area contributed by atoms with Crippen molar-refractivity contribution in [3.05, 3.63) is 59.9 Å². The summed E-state index contributed by atoms with van der Waals surface area (Å²) in [5, 5.41) is 6.19. The minimum absolute atomic E-state index is 0.555. The predicted molar refractivity (Wildman–Crippen MR) is 79.8 cm³/mol. The molecule has 1 aromatic carbocycles. The Kier molecular flexibility index (Phi) is 4.76. The quantitative estimate of drug-likeness (QED) is 0.508. The normalized spacial score (nSPS) is 10.3. The molecular weight excluding hydrogens is 268 g/mol. The Bertz CT molecular complexity index is 651. The number of nitrogens with zero attached hydrogens (tertiary/aromatic N) is 2. The Hall–Kier alpha value is -3.02. The lowest BCUT2D eigenvalue weighted by atomic mass is 10.2. The van der Waals surface area contributed by atoms with Gasteiger partial charge in [0, 0.05) is 18.1 Å². The Morgan fingerprint density at radius 2 is 1.71 bits per heavy atom. The van der Waals surface area contributed by atoms with E-state index in [1.807, 2.05) is 19.1 Å². The molecule has 6 heteroatoms. The fourth-order valence-corrected chi connectivity index (χ4v) is 1.49. The molecule has 0 atom stereocenters. The largest absolute Gasteiger partial charge is 0.329 e. The first-order chi connectivity index (χ1) is 10.1. The maximum absolute atomic E-state index is 11.6. The van der Waals surface area contributed by atoms with Gasteiger partial charge < -0.3 is 5.32 Å². The van der Waals surface area contributed by atoms with E-state index in [0.717, 1.165) is 11.1 Å². The number of anilines is 1. The molecule has 2 rings (SSSR count). The number of nitrogens with one attached hydrogen (secondary N) is 2. The summed E-state index contributed by atoms with van der Waals surface area (Å²) in [7, 11) is 0. The van der Waals surface area contributed by atoms with E-state index in [1.54, 1.807) is 36.7 Å². The smallest absolute Gasteiger partial charge is 0.318 e. The van der Waals surface area contributed by atoms with Crippen LogP contribution < -0.4 is 10.7 Å².